The van der Waals surface area contributed by atoms with Crippen LogP contribution in [0.2, 0.25) is 5.02 Å². The summed E-state index contributed by atoms with van der Waals surface area (Å²) in [6, 6.07) is 8.05. The lowest BCUT2D eigenvalue weighted by molar-refractivity contribution is -0.0440. The SMILES string of the molecule is Cc1ccc2c(c1)Oc1cc(Cl)c(S(=O)(=O)N3C[C@@H](C)O[C@@H](C)C3)cc1C(=O)N2. The van der Waals surface area contributed by atoms with Gasteiger partial charge in [-0.1, -0.05) is 17.7 Å². The van der Waals surface area contributed by atoms with E-state index in [0.717, 1.165) is 5.56 Å². The van der Waals surface area contributed by atoms with Crippen molar-refractivity contribution in [3.63, 3.8) is 0 Å². The summed E-state index contributed by atoms with van der Waals surface area (Å²) in [7, 11) is -3.92. The molecule has 29 heavy (non-hydrogen) atoms. The first kappa shape index (κ1) is 20.2. The van der Waals surface area contributed by atoms with E-state index in [9.17, 15) is 13.2 Å². The molecule has 1 amide bonds. The molecule has 7 nitrogen and oxygen atoms in total. The maximum Gasteiger partial charge on any atom is 0.259 e. The van der Waals surface area contributed by atoms with Gasteiger partial charge in [-0.2, -0.15) is 4.31 Å². The number of benzene rings is 2. The van der Waals surface area contributed by atoms with E-state index in [4.69, 9.17) is 21.1 Å². The predicted molar refractivity (Wildman–Crippen MR) is 109 cm³/mol. The number of sulfonamides is 1. The summed E-state index contributed by atoms with van der Waals surface area (Å²) in [5.74, 6) is 0.221. The standard InChI is InChI=1S/C20H21ClN2O5S/c1-11-4-5-16-18(6-11)28-17-8-15(21)19(7-14(17)20(24)22-16)29(25,26)23-9-12(2)27-13(3)10-23/h4-8,12-13H,9-10H2,1-3H3,(H,22,24)/t12-,13+. The van der Waals surface area contributed by atoms with Gasteiger partial charge in [0, 0.05) is 19.2 Å². The molecule has 2 heterocycles. The van der Waals surface area contributed by atoms with Crippen LogP contribution in [0.4, 0.5) is 5.69 Å². The Balaban J connectivity index is 1.77. The lowest BCUT2D eigenvalue weighted by Gasteiger charge is -2.34. The molecular formula is C20H21ClN2O5S. The van der Waals surface area contributed by atoms with Crippen LogP contribution < -0.4 is 10.1 Å². The average molecular weight is 437 g/mol. The zero-order valence-corrected chi connectivity index (χ0v) is 17.8. The van der Waals surface area contributed by atoms with Crippen LogP contribution in [-0.2, 0) is 14.8 Å². The first-order valence-corrected chi connectivity index (χ1v) is 11.1. The van der Waals surface area contributed by atoms with Gasteiger partial charge >= 0.3 is 0 Å². The van der Waals surface area contributed by atoms with E-state index < -0.39 is 15.9 Å². The summed E-state index contributed by atoms with van der Waals surface area (Å²) in [5, 5.41) is 2.76. The molecule has 0 unspecified atom stereocenters. The molecule has 0 aromatic heterocycles. The van der Waals surface area contributed by atoms with Crippen molar-refractivity contribution in [1.82, 2.24) is 4.31 Å². The number of hydrogen-bond donors (Lipinski definition) is 1. The molecule has 2 atom stereocenters. The first-order valence-electron chi connectivity index (χ1n) is 9.24. The Kier molecular flexibility index (Phi) is 5.06. The third-order valence-corrected chi connectivity index (χ3v) is 7.18. The number of ether oxygens (including phenoxy) is 2. The van der Waals surface area contributed by atoms with E-state index in [-0.39, 0.29) is 46.5 Å². The highest BCUT2D eigenvalue weighted by Gasteiger charge is 2.35. The number of nitrogens with zero attached hydrogens (tertiary/aromatic N) is 1. The number of carbonyl (C=O) groups excluding carboxylic acids is 1. The number of halogens is 1. The van der Waals surface area contributed by atoms with Gasteiger partial charge in [0.25, 0.3) is 5.91 Å². The highest BCUT2D eigenvalue weighted by molar-refractivity contribution is 7.89. The van der Waals surface area contributed by atoms with Crippen LogP contribution in [0.25, 0.3) is 0 Å². The molecular weight excluding hydrogens is 416 g/mol. The molecule has 2 aliphatic heterocycles. The third-order valence-electron chi connectivity index (χ3n) is 4.89. The Hall–Kier alpha value is -2.13. The molecule has 1 saturated heterocycles. The Morgan fingerprint density at radius 2 is 1.79 bits per heavy atom. The number of amides is 1. The highest BCUT2D eigenvalue weighted by Crippen LogP contribution is 2.40. The van der Waals surface area contributed by atoms with Crippen LogP contribution in [0.5, 0.6) is 11.5 Å². The van der Waals surface area contributed by atoms with Gasteiger partial charge in [-0.25, -0.2) is 8.42 Å². The average Bonchev–Trinajstić information content (AvgIpc) is 2.75. The number of anilines is 1. The van der Waals surface area contributed by atoms with Gasteiger partial charge in [-0.05, 0) is 44.5 Å². The van der Waals surface area contributed by atoms with E-state index in [1.807, 2.05) is 26.8 Å². The molecule has 0 aliphatic carbocycles. The topological polar surface area (TPSA) is 84.9 Å². The Morgan fingerprint density at radius 1 is 1.10 bits per heavy atom. The monoisotopic (exact) mass is 436 g/mol. The lowest BCUT2D eigenvalue weighted by Crippen LogP contribution is -2.48. The minimum atomic E-state index is -3.92. The molecule has 0 spiro atoms. The first-order chi connectivity index (χ1) is 13.6. The van der Waals surface area contributed by atoms with Crippen LogP contribution in [0.3, 0.4) is 0 Å². The number of carbonyl (C=O) groups is 1. The fourth-order valence-electron chi connectivity index (χ4n) is 3.59. The maximum absolute atomic E-state index is 13.3. The number of nitrogens with one attached hydrogen (secondary N) is 1. The second-order valence-corrected chi connectivity index (χ2v) is 9.73. The summed E-state index contributed by atoms with van der Waals surface area (Å²) >= 11 is 6.35. The van der Waals surface area contributed by atoms with Gasteiger partial charge in [0.1, 0.15) is 10.6 Å². The van der Waals surface area contributed by atoms with Gasteiger partial charge in [-0.15, -0.1) is 0 Å². The molecule has 2 aromatic carbocycles. The maximum atomic E-state index is 13.3. The summed E-state index contributed by atoms with van der Waals surface area (Å²) in [4.78, 5) is 12.6. The van der Waals surface area contributed by atoms with Gasteiger partial charge in [0.05, 0.1) is 28.5 Å². The van der Waals surface area contributed by atoms with E-state index in [1.54, 1.807) is 12.1 Å². The van der Waals surface area contributed by atoms with Crippen molar-refractivity contribution in [2.24, 2.45) is 0 Å². The zero-order valence-electron chi connectivity index (χ0n) is 16.2. The van der Waals surface area contributed by atoms with Crippen molar-refractivity contribution >= 4 is 33.2 Å². The molecule has 2 aliphatic rings. The third kappa shape index (κ3) is 3.73. The molecule has 0 bridgehead atoms. The summed E-state index contributed by atoms with van der Waals surface area (Å²) < 4.78 is 39.4. The molecule has 2 aromatic rings. The summed E-state index contributed by atoms with van der Waals surface area (Å²) in [6.07, 6.45) is -0.477. The van der Waals surface area contributed by atoms with Gasteiger partial charge in [0.15, 0.2) is 5.75 Å². The highest BCUT2D eigenvalue weighted by atomic mass is 35.5. The number of morpholine rings is 1. The van der Waals surface area contributed by atoms with Crippen molar-refractivity contribution < 1.29 is 22.7 Å². The second kappa shape index (κ2) is 7.28. The van der Waals surface area contributed by atoms with Gasteiger partial charge in [0.2, 0.25) is 10.0 Å². The van der Waals surface area contributed by atoms with Gasteiger partial charge in [-0.3, -0.25) is 4.79 Å². The number of aryl methyl sites for hydroxylation is 1. The minimum absolute atomic E-state index is 0.000508. The molecule has 1 fully saturated rings. The number of rotatable bonds is 2. The largest absolute Gasteiger partial charge is 0.454 e. The molecule has 154 valence electrons. The number of fused-ring (bicyclic) bond motifs is 2. The van der Waals surface area contributed by atoms with Crippen LogP contribution >= 0.6 is 11.6 Å². The van der Waals surface area contributed by atoms with Crippen molar-refractivity contribution in [3.8, 4) is 11.5 Å². The molecule has 1 N–H and O–H groups in total. The predicted octanol–water partition coefficient (Wildman–Crippen LogP) is 3.80. The van der Waals surface area contributed by atoms with Crippen molar-refractivity contribution in [1.29, 1.82) is 0 Å². The normalized spacial score (nSPS) is 22.1. The van der Waals surface area contributed by atoms with Crippen LogP contribution in [0.1, 0.15) is 29.8 Å². The van der Waals surface area contributed by atoms with Crippen LogP contribution in [0.15, 0.2) is 35.2 Å². The molecule has 4 rings (SSSR count). The van der Waals surface area contributed by atoms with Crippen molar-refractivity contribution in [2.45, 2.75) is 37.9 Å². The zero-order chi connectivity index (χ0) is 20.9. The Morgan fingerprint density at radius 3 is 2.48 bits per heavy atom. The summed E-state index contributed by atoms with van der Waals surface area (Å²) in [6.45, 7) is 5.97. The second-order valence-electron chi connectivity index (χ2n) is 7.41. The molecule has 0 radical (unpaired) electrons. The fraction of sp³-hybridized carbons (Fsp3) is 0.350. The lowest BCUT2D eigenvalue weighted by atomic mass is 10.2. The van der Waals surface area contributed by atoms with E-state index in [0.29, 0.717) is 11.4 Å². The van der Waals surface area contributed by atoms with Crippen molar-refractivity contribution in [3.05, 3.63) is 46.5 Å². The van der Waals surface area contributed by atoms with Gasteiger partial charge < -0.3 is 14.8 Å². The molecule has 0 saturated carbocycles. The van der Waals surface area contributed by atoms with Crippen LogP contribution in [0, 0.1) is 6.92 Å². The van der Waals surface area contributed by atoms with E-state index in [2.05, 4.69) is 5.32 Å². The summed E-state index contributed by atoms with van der Waals surface area (Å²) in [5.41, 5.74) is 1.58. The van der Waals surface area contributed by atoms with E-state index >= 15 is 0 Å². The quantitative estimate of drug-likeness (QED) is 0.773. The fourth-order valence-corrected chi connectivity index (χ4v) is 5.69. The minimum Gasteiger partial charge on any atom is -0.454 e. The number of hydrogen-bond acceptors (Lipinski definition) is 5. The van der Waals surface area contributed by atoms with Crippen LogP contribution in [-0.4, -0.2) is 43.9 Å². The smallest absolute Gasteiger partial charge is 0.259 e. The van der Waals surface area contributed by atoms with Crippen molar-refractivity contribution in [2.75, 3.05) is 18.4 Å². The Labute approximate surface area is 174 Å². The van der Waals surface area contributed by atoms with E-state index in [1.165, 1.54) is 16.4 Å². The Bertz CT molecular complexity index is 1090. The molecule has 9 heteroatoms.